The largest absolute Gasteiger partial charge is 0.463 e. The van der Waals surface area contributed by atoms with E-state index in [1.807, 2.05) is 0 Å². The molecule has 2 aromatic carbocycles. The second kappa shape index (κ2) is 11.0. The van der Waals surface area contributed by atoms with E-state index in [-0.39, 0.29) is 29.1 Å². The fraction of sp³-hybridized carbons (Fsp3) is 0.154. The summed E-state index contributed by atoms with van der Waals surface area (Å²) >= 11 is 5.85. The van der Waals surface area contributed by atoms with Gasteiger partial charge in [-0.15, -0.1) is 0 Å². The van der Waals surface area contributed by atoms with Gasteiger partial charge in [0.25, 0.3) is 0 Å². The summed E-state index contributed by atoms with van der Waals surface area (Å²) in [6.45, 7) is 3.40. The van der Waals surface area contributed by atoms with Crippen molar-refractivity contribution >= 4 is 35.3 Å². The molecular formula is C26H20ClF4N5O2. The summed E-state index contributed by atoms with van der Waals surface area (Å²) in [5.74, 6) is -1.04. The zero-order valence-corrected chi connectivity index (χ0v) is 20.8. The van der Waals surface area contributed by atoms with E-state index in [9.17, 15) is 22.4 Å². The van der Waals surface area contributed by atoms with Crippen LogP contribution in [-0.2, 0) is 15.7 Å². The van der Waals surface area contributed by atoms with E-state index in [1.54, 1.807) is 37.3 Å². The Labute approximate surface area is 219 Å². The van der Waals surface area contributed by atoms with E-state index in [4.69, 9.17) is 16.3 Å². The number of esters is 1. The molecule has 0 bridgehead atoms. The van der Waals surface area contributed by atoms with Gasteiger partial charge in [0.15, 0.2) is 11.5 Å². The van der Waals surface area contributed by atoms with Crippen molar-refractivity contribution in [3.8, 4) is 16.9 Å². The Morgan fingerprint density at radius 2 is 1.97 bits per heavy atom. The Hall–Kier alpha value is -4.25. The van der Waals surface area contributed by atoms with Crippen LogP contribution in [0.15, 0.2) is 60.8 Å². The quantitative estimate of drug-likeness (QED) is 0.157. The first-order valence-electron chi connectivity index (χ1n) is 11.2. The molecule has 0 spiro atoms. The first-order chi connectivity index (χ1) is 18.0. The van der Waals surface area contributed by atoms with E-state index in [1.165, 1.54) is 31.3 Å². The second-order valence-electron chi connectivity index (χ2n) is 7.98. The van der Waals surface area contributed by atoms with Gasteiger partial charge in [-0.1, -0.05) is 29.8 Å². The summed E-state index contributed by atoms with van der Waals surface area (Å²) in [7, 11) is 0. The number of anilines is 2. The molecule has 0 radical (unpaired) electrons. The number of hydrogen-bond acceptors (Lipinski definition) is 6. The average molecular weight is 546 g/mol. The Bertz CT molecular complexity index is 1520. The fourth-order valence-corrected chi connectivity index (χ4v) is 3.67. The highest BCUT2D eigenvalue weighted by Gasteiger charge is 2.35. The third kappa shape index (κ3) is 6.17. The van der Waals surface area contributed by atoms with E-state index in [0.29, 0.717) is 22.4 Å². The Kier molecular flexibility index (Phi) is 7.77. The molecule has 0 unspecified atom stereocenters. The van der Waals surface area contributed by atoms with E-state index >= 15 is 0 Å². The van der Waals surface area contributed by atoms with Crippen molar-refractivity contribution < 1.29 is 27.1 Å². The third-order valence-electron chi connectivity index (χ3n) is 5.22. The summed E-state index contributed by atoms with van der Waals surface area (Å²) in [5, 5.41) is 6.49. The number of carbonyl (C=O) groups excluding carboxylic acids is 1. The van der Waals surface area contributed by atoms with E-state index < -0.39 is 23.7 Å². The van der Waals surface area contributed by atoms with Crippen LogP contribution in [0.1, 0.15) is 23.9 Å². The molecule has 2 heterocycles. The molecular weight excluding hydrogens is 526 g/mol. The van der Waals surface area contributed by atoms with Crippen molar-refractivity contribution in [1.82, 2.24) is 19.7 Å². The van der Waals surface area contributed by atoms with Crippen LogP contribution in [0.2, 0.25) is 5.02 Å². The Balaban J connectivity index is 1.80. The summed E-state index contributed by atoms with van der Waals surface area (Å²) in [4.78, 5) is 20.4. The summed E-state index contributed by atoms with van der Waals surface area (Å²) in [6, 6.07) is 11.7. The number of alkyl halides is 3. The maximum atomic E-state index is 13.6. The molecule has 0 saturated carbocycles. The van der Waals surface area contributed by atoms with Crippen molar-refractivity contribution in [2.75, 3.05) is 11.9 Å². The molecule has 0 aliphatic carbocycles. The zero-order chi connectivity index (χ0) is 27.4. The number of ether oxygens (including phenoxy) is 1. The van der Waals surface area contributed by atoms with Crippen molar-refractivity contribution in [2.45, 2.75) is 20.0 Å². The van der Waals surface area contributed by atoms with Gasteiger partial charge in [0.1, 0.15) is 5.82 Å². The van der Waals surface area contributed by atoms with E-state index in [0.717, 1.165) is 16.8 Å². The van der Waals surface area contributed by atoms with Gasteiger partial charge in [-0.2, -0.15) is 23.3 Å². The van der Waals surface area contributed by atoms with Crippen molar-refractivity contribution in [2.24, 2.45) is 0 Å². The number of benzene rings is 2. The first-order valence-corrected chi connectivity index (χ1v) is 11.6. The minimum atomic E-state index is -4.66. The van der Waals surface area contributed by atoms with Crippen LogP contribution in [0.4, 0.5) is 29.2 Å². The number of nitrogens with zero attached hydrogens (tertiary/aromatic N) is 4. The predicted molar refractivity (Wildman–Crippen MR) is 135 cm³/mol. The molecule has 0 aliphatic rings. The van der Waals surface area contributed by atoms with Crippen LogP contribution in [0, 0.1) is 12.7 Å². The van der Waals surface area contributed by atoms with Crippen molar-refractivity contribution in [1.29, 1.82) is 0 Å². The van der Waals surface area contributed by atoms with Crippen LogP contribution in [0.3, 0.4) is 0 Å². The number of carbonyl (C=O) groups is 1. The van der Waals surface area contributed by atoms with Gasteiger partial charge >= 0.3 is 12.1 Å². The Morgan fingerprint density at radius 1 is 1.18 bits per heavy atom. The number of rotatable bonds is 7. The molecule has 2 aromatic heterocycles. The van der Waals surface area contributed by atoms with Gasteiger partial charge in [-0.3, -0.25) is 0 Å². The molecule has 0 saturated heterocycles. The highest BCUT2D eigenvalue weighted by molar-refractivity contribution is 6.31. The predicted octanol–water partition coefficient (Wildman–Crippen LogP) is 6.77. The molecule has 0 aliphatic heterocycles. The molecule has 38 heavy (non-hydrogen) atoms. The third-order valence-corrected chi connectivity index (χ3v) is 5.51. The topological polar surface area (TPSA) is 81.9 Å². The summed E-state index contributed by atoms with van der Waals surface area (Å²) in [5.41, 5.74) is 1.05. The van der Waals surface area contributed by atoms with Crippen LogP contribution >= 0.6 is 11.6 Å². The van der Waals surface area contributed by atoms with Crippen LogP contribution < -0.4 is 5.32 Å². The molecule has 1 N–H and O–H groups in total. The standard InChI is InChI=1S/C26H20ClF4N5O2/c1-3-38-23(37)10-7-16-5-4-6-17(12-16)19-14-32-25(33-18-8-9-21(28)20(27)13-18)34-24(19)36-15(2)11-22(35-36)26(29,30)31/h4-14H,3H2,1-2H3,(H,32,33,34)/b10-7+. The van der Waals surface area contributed by atoms with E-state index in [2.05, 4.69) is 20.4 Å². The maximum Gasteiger partial charge on any atom is 0.435 e. The SMILES string of the molecule is CCOC(=O)/C=C/c1cccc(-c2cnc(Nc3ccc(F)c(Cl)c3)nc2-n2nc(C(F)(F)F)cc2C)c1. The molecule has 0 fully saturated rings. The lowest BCUT2D eigenvalue weighted by atomic mass is 10.0. The van der Waals surface area contributed by atoms with Crippen LogP contribution in [-0.4, -0.2) is 32.3 Å². The maximum absolute atomic E-state index is 13.6. The molecule has 0 amide bonds. The van der Waals surface area contributed by atoms with Crippen molar-refractivity contribution in [3.05, 3.63) is 88.6 Å². The van der Waals surface area contributed by atoms with Gasteiger partial charge < -0.3 is 10.1 Å². The molecule has 196 valence electrons. The lowest BCUT2D eigenvalue weighted by Gasteiger charge is -2.13. The number of halogens is 5. The number of hydrogen-bond donors (Lipinski definition) is 1. The van der Waals surface area contributed by atoms with Gasteiger partial charge in [-0.25, -0.2) is 18.9 Å². The highest BCUT2D eigenvalue weighted by Crippen LogP contribution is 2.32. The molecule has 4 rings (SSSR count). The molecule has 7 nitrogen and oxygen atoms in total. The second-order valence-corrected chi connectivity index (χ2v) is 8.38. The summed E-state index contributed by atoms with van der Waals surface area (Å²) < 4.78 is 59.7. The first kappa shape index (κ1) is 26.8. The number of nitrogens with one attached hydrogen (secondary N) is 1. The smallest absolute Gasteiger partial charge is 0.435 e. The fourth-order valence-electron chi connectivity index (χ4n) is 3.49. The monoisotopic (exact) mass is 545 g/mol. The average Bonchev–Trinajstić information content (AvgIpc) is 3.27. The highest BCUT2D eigenvalue weighted by atomic mass is 35.5. The van der Waals surface area contributed by atoms with Gasteiger partial charge in [0, 0.05) is 29.2 Å². The minimum Gasteiger partial charge on any atom is -0.463 e. The Morgan fingerprint density at radius 3 is 2.66 bits per heavy atom. The lowest BCUT2D eigenvalue weighted by Crippen LogP contribution is -2.10. The normalized spacial score (nSPS) is 11.7. The molecule has 4 aromatic rings. The molecule has 0 atom stereocenters. The lowest BCUT2D eigenvalue weighted by molar-refractivity contribution is -0.141. The molecule has 12 heteroatoms. The minimum absolute atomic E-state index is 0.0215. The summed E-state index contributed by atoms with van der Waals surface area (Å²) in [6.07, 6.45) is -0.406. The van der Waals surface area contributed by atoms with Crippen LogP contribution in [0.5, 0.6) is 0 Å². The van der Waals surface area contributed by atoms with Gasteiger partial charge in [0.05, 0.1) is 11.6 Å². The van der Waals surface area contributed by atoms with Crippen molar-refractivity contribution in [3.63, 3.8) is 0 Å². The number of aryl methyl sites for hydroxylation is 1. The van der Waals surface area contributed by atoms with Gasteiger partial charge in [0.2, 0.25) is 5.95 Å². The van der Waals surface area contributed by atoms with Crippen LogP contribution in [0.25, 0.3) is 23.0 Å². The van der Waals surface area contributed by atoms with Gasteiger partial charge in [-0.05, 0) is 61.4 Å². The zero-order valence-electron chi connectivity index (χ0n) is 20.1. The number of aromatic nitrogens is 4.